The number of aromatic nitrogens is 1. The lowest BCUT2D eigenvalue weighted by molar-refractivity contribution is -0.660. The molecule has 0 spiro atoms. The van der Waals surface area contributed by atoms with Crippen LogP contribution in [0.4, 0.5) is 10.8 Å². The van der Waals surface area contributed by atoms with Gasteiger partial charge in [-0.2, -0.15) is 0 Å². The quantitative estimate of drug-likeness (QED) is 0.825. The molecule has 1 aromatic heterocycles. The summed E-state index contributed by atoms with van der Waals surface area (Å²) in [5.41, 5.74) is 3.90. The van der Waals surface area contributed by atoms with Gasteiger partial charge in [-0.25, -0.2) is 4.98 Å². The molecule has 24 heavy (non-hydrogen) atoms. The van der Waals surface area contributed by atoms with E-state index in [1.807, 2.05) is 36.7 Å². The van der Waals surface area contributed by atoms with E-state index in [0.717, 1.165) is 22.5 Å². The van der Waals surface area contributed by atoms with Crippen LogP contribution in [0.5, 0.6) is 0 Å². The van der Waals surface area contributed by atoms with E-state index in [-0.39, 0.29) is 11.8 Å². The number of carbonyl (C=O) groups excluding carboxylic acids is 2. The first-order valence-corrected chi connectivity index (χ1v) is 8.65. The van der Waals surface area contributed by atoms with E-state index in [2.05, 4.69) is 16.4 Å². The number of amides is 2. The smallest absolute Gasteiger partial charge is 0.274 e. The van der Waals surface area contributed by atoms with Gasteiger partial charge in [0.2, 0.25) is 5.91 Å². The molecule has 2 rings (SSSR count). The zero-order valence-corrected chi connectivity index (χ0v) is 15.2. The molecule has 6 nitrogen and oxygen atoms in total. The Morgan fingerprint density at radius 1 is 1.33 bits per heavy atom. The molecule has 0 saturated heterocycles. The summed E-state index contributed by atoms with van der Waals surface area (Å²) in [6, 6.07) is 5.99. The van der Waals surface area contributed by atoms with Crippen molar-refractivity contribution in [2.24, 2.45) is 0 Å². The lowest BCUT2D eigenvalue weighted by atomic mass is 10.1. The van der Waals surface area contributed by atoms with Crippen LogP contribution < -0.4 is 15.5 Å². The average Bonchev–Trinajstić information content (AvgIpc) is 2.97. The van der Waals surface area contributed by atoms with Crippen molar-refractivity contribution in [3.05, 3.63) is 40.4 Å². The van der Waals surface area contributed by atoms with Gasteiger partial charge in [0.05, 0.1) is 5.69 Å². The summed E-state index contributed by atoms with van der Waals surface area (Å²) >= 11 is 1.43. The van der Waals surface area contributed by atoms with Crippen molar-refractivity contribution >= 4 is 34.0 Å². The number of rotatable bonds is 6. The molecule has 128 valence electrons. The van der Waals surface area contributed by atoms with Crippen LogP contribution in [-0.4, -0.2) is 30.4 Å². The van der Waals surface area contributed by atoms with E-state index >= 15 is 0 Å². The van der Waals surface area contributed by atoms with Crippen molar-refractivity contribution in [2.75, 3.05) is 18.5 Å². The van der Waals surface area contributed by atoms with Crippen molar-refractivity contribution in [1.29, 1.82) is 0 Å². The largest absolute Gasteiger partial charge is 0.354 e. The molecule has 0 atom stereocenters. The lowest BCUT2D eigenvalue weighted by Crippen LogP contribution is -2.85. The van der Waals surface area contributed by atoms with E-state index in [9.17, 15) is 9.59 Å². The number of nitrogens with two attached hydrogens (primary N) is 1. The maximum absolute atomic E-state index is 12.2. The second kappa shape index (κ2) is 8.03. The number of benzene rings is 1. The number of quaternary nitrogens is 1. The first kappa shape index (κ1) is 18.1. The monoisotopic (exact) mass is 347 g/mol. The minimum atomic E-state index is -0.0720. The van der Waals surface area contributed by atoms with Gasteiger partial charge in [0.15, 0.2) is 11.7 Å². The minimum absolute atomic E-state index is 0.0221. The van der Waals surface area contributed by atoms with Crippen LogP contribution >= 0.6 is 11.3 Å². The summed E-state index contributed by atoms with van der Waals surface area (Å²) < 4.78 is 0. The second-order valence-corrected chi connectivity index (χ2v) is 6.47. The molecule has 0 aliphatic heterocycles. The molecular weight excluding hydrogens is 324 g/mol. The molecule has 0 bridgehead atoms. The maximum Gasteiger partial charge on any atom is 0.274 e. The van der Waals surface area contributed by atoms with Gasteiger partial charge in [-0.05, 0) is 25.5 Å². The molecule has 0 aliphatic carbocycles. The number of aryl methyl sites for hydroxylation is 2. The van der Waals surface area contributed by atoms with Crippen molar-refractivity contribution in [3.8, 4) is 0 Å². The predicted molar refractivity (Wildman–Crippen MR) is 95.4 cm³/mol. The Morgan fingerprint density at radius 3 is 2.71 bits per heavy atom. The Kier molecular flexibility index (Phi) is 6.05. The molecule has 2 amide bonds. The van der Waals surface area contributed by atoms with E-state index < -0.39 is 0 Å². The van der Waals surface area contributed by atoms with E-state index in [1.54, 1.807) is 11.9 Å². The summed E-state index contributed by atoms with van der Waals surface area (Å²) in [6.45, 7) is 6.51. The molecule has 0 saturated carbocycles. The Hall–Kier alpha value is -2.25. The first-order chi connectivity index (χ1) is 11.4. The van der Waals surface area contributed by atoms with Crippen LogP contribution in [0.3, 0.4) is 0 Å². The topological polar surface area (TPSA) is 78.9 Å². The number of carbonyl (C=O) groups is 2. The van der Waals surface area contributed by atoms with Gasteiger partial charge in [-0.15, -0.1) is 11.3 Å². The van der Waals surface area contributed by atoms with Gasteiger partial charge in [0.25, 0.3) is 5.91 Å². The molecule has 3 N–H and O–H groups in total. The van der Waals surface area contributed by atoms with Gasteiger partial charge >= 0.3 is 0 Å². The predicted octanol–water partition coefficient (Wildman–Crippen LogP) is 1.25. The van der Waals surface area contributed by atoms with E-state index in [1.165, 1.54) is 18.3 Å². The second-order valence-electron chi connectivity index (χ2n) is 5.64. The Labute approximate surface area is 145 Å². The summed E-state index contributed by atoms with van der Waals surface area (Å²) in [4.78, 5) is 29.6. The molecule has 7 heteroatoms. The van der Waals surface area contributed by atoms with Crippen LogP contribution in [0.25, 0.3) is 0 Å². The van der Waals surface area contributed by atoms with Gasteiger partial charge in [0, 0.05) is 19.4 Å². The third kappa shape index (κ3) is 4.39. The van der Waals surface area contributed by atoms with Crippen molar-refractivity contribution in [1.82, 2.24) is 10.3 Å². The number of thiazole rings is 1. The summed E-state index contributed by atoms with van der Waals surface area (Å²) in [7, 11) is 1.62. The van der Waals surface area contributed by atoms with Gasteiger partial charge in [0.1, 0.15) is 12.2 Å². The highest BCUT2D eigenvalue weighted by molar-refractivity contribution is 7.14. The Bertz CT molecular complexity index is 742. The van der Waals surface area contributed by atoms with Crippen molar-refractivity contribution < 1.29 is 14.9 Å². The summed E-state index contributed by atoms with van der Waals surface area (Å²) in [5.74, 6) is -0.0942. The van der Waals surface area contributed by atoms with Crippen molar-refractivity contribution in [2.45, 2.75) is 27.3 Å². The summed E-state index contributed by atoms with van der Waals surface area (Å²) in [5, 5.41) is 7.04. The molecule has 1 heterocycles. The first-order valence-electron chi connectivity index (χ1n) is 7.77. The third-order valence-electron chi connectivity index (χ3n) is 3.60. The molecule has 2 aromatic rings. The van der Waals surface area contributed by atoms with Crippen LogP contribution in [-0.2, 0) is 16.1 Å². The van der Waals surface area contributed by atoms with Gasteiger partial charge < -0.3 is 10.6 Å². The Balaban J connectivity index is 2.18. The lowest BCUT2D eigenvalue weighted by Gasteiger charge is -2.20. The molecule has 0 aliphatic rings. The third-order valence-corrected chi connectivity index (χ3v) is 4.48. The zero-order valence-electron chi connectivity index (χ0n) is 14.4. The normalized spacial score (nSPS) is 10.5. The highest BCUT2D eigenvalue weighted by Crippen LogP contribution is 2.31. The number of hydrogen-bond donors (Lipinski definition) is 2. The molecule has 1 aromatic carbocycles. The standard InChI is InChI=1S/C17H22N4O2S/c1-11-5-6-15(12(2)7-11)21(13(3)22)17-20-14(10-24-17)8-19-9-16(23)18-4/h5-7,10,19H,8-9H2,1-4H3,(H,18,23)/p+1. The maximum atomic E-state index is 12.2. The number of likely N-dealkylation sites (N-methyl/N-ethyl adjacent to an activating group) is 1. The highest BCUT2D eigenvalue weighted by Gasteiger charge is 2.20. The van der Waals surface area contributed by atoms with Crippen LogP contribution in [0.1, 0.15) is 23.7 Å². The van der Waals surface area contributed by atoms with Gasteiger partial charge in [-0.3, -0.25) is 14.5 Å². The van der Waals surface area contributed by atoms with Crippen LogP contribution in [0.15, 0.2) is 23.6 Å². The fourth-order valence-electron chi connectivity index (χ4n) is 2.41. The van der Waals surface area contributed by atoms with Crippen molar-refractivity contribution in [3.63, 3.8) is 0 Å². The fraction of sp³-hybridized carbons (Fsp3) is 0.353. The van der Waals surface area contributed by atoms with Gasteiger partial charge in [-0.1, -0.05) is 17.7 Å². The highest BCUT2D eigenvalue weighted by atomic mass is 32.1. The number of hydrogen-bond acceptors (Lipinski definition) is 4. The summed E-state index contributed by atoms with van der Waals surface area (Å²) in [6.07, 6.45) is 0. The zero-order chi connectivity index (χ0) is 17.7. The van der Waals surface area contributed by atoms with E-state index in [4.69, 9.17) is 0 Å². The number of nitrogens with zero attached hydrogens (tertiary/aromatic N) is 2. The average molecular weight is 347 g/mol. The minimum Gasteiger partial charge on any atom is -0.354 e. The molecular formula is C17H23N4O2S+. The number of anilines is 2. The Morgan fingerprint density at radius 2 is 2.08 bits per heavy atom. The fourth-order valence-corrected chi connectivity index (χ4v) is 3.30. The number of nitrogens with one attached hydrogen (secondary N) is 1. The molecule has 0 radical (unpaired) electrons. The SMILES string of the molecule is CNC(=O)C[NH2+]Cc1csc(N(C(C)=O)c2ccc(C)cc2C)n1. The van der Waals surface area contributed by atoms with Crippen LogP contribution in [0, 0.1) is 13.8 Å². The van der Waals surface area contributed by atoms with E-state index in [0.29, 0.717) is 18.2 Å². The molecule has 0 fully saturated rings. The van der Waals surface area contributed by atoms with Crippen LogP contribution in [0.2, 0.25) is 0 Å². The molecule has 0 unspecified atom stereocenters.